The molecule has 0 radical (unpaired) electrons. The SMILES string of the molecule is C=CCN(Cc1nc(-c2ccccc2)no1)C(=O)COc1ccc(I)cc1. The van der Waals surface area contributed by atoms with Gasteiger partial charge in [0, 0.05) is 15.7 Å². The van der Waals surface area contributed by atoms with E-state index in [1.54, 1.807) is 11.0 Å². The van der Waals surface area contributed by atoms with E-state index < -0.39 is 0 Å². The predicted octanol–water partition coefficient (Wildman–Crippen LogP) is 3.93. The van der Waals surface area contributed by atoms with Crippen molar-refractivity contribution in [1.82, 2.24) is 15.0 Å². The molecule has 0 saturated heterocycles. The van der Waals surface area contributed by atoms with Gasteiger partial charge in [-0.2, -0.15) is 4.98 Å². The first-order chi connectivity index (χ1) is 13.2. The number of hydrogen-bond donors (Lipinski definition) is 0. The quantitative estimate of drug-likeness (QED) is 0.365. The zero-order chi connectivity index (χ0) is 19.1. The van der Waals surface area contributed by atoms with Gasteiger partial charge in [-0.1, -0.05) is 41.6 Å². The van der Waals surface area contributed by atoms with E-state index in [-0.39, 0.29) is 19.1 Å². The fourth-order valence-electron chi connectivity index (χ4n) is 2.36. The normalized spacial score (nSPS) is 10.4. The molecule has 0 bridgehead atoms. The summed E-state index contributed by atoms with van der Waals surface area (Å²) in [5.41, 5.74) is 0.858. The lowest BCUT2D eigenvalue weighted by molar-refractivity contribution is -0.133. The Hall–Kier alpha value is -2.68. The van der Waals surface area contributed by atoms with Gasteiger partial charge in [0.25, 0.3) is 5.91 Å². The van der Waals surface area contributed by atoms with Gasteiger partial charge in [0.1, 0.15) is 12.3 Å². The molecular weight excluding hydrogens is 457 g/mol. The maximum absolute atomic E-state index is 12.5. The van der Waals surface area contributed by atoms with E-state index >= 15 is 0 Å². The predicted molar refractivity (Wildman–Crippen MR) is 110 cm³/mol. The summed E-state index contributed by atoms with van der Waals surface area (Å²) in [4.78, 5) is 18.4. The van der Waals surface area contributed by atoms with Crippen LogP contribution in [0.5, 0.6) is 5.75 Å². The Balaban J connectivity index is 1.63. The van der Waals surface area contributed by atoms with Gasteiger partial charge in [-0.3, -0.25) is 4.79 Å². The van der Waals surface area contributed by atoms with Gasteiger partial charge in [-0.25, -0.2) is 0 Å². The minimum atomic E-state index is -0.187. The number of halogens is 1. The molecule has 1 heterocycles. The highest BCUT2D eigenvalue weighted by Crippen LogP contribution is 2.16. The lowest BCUT2D eigenvalue weighted by atomic mass is 10.2. The van der Waals surface area contributed by atoms with Gasteiger partial charge in [0.05, 0.1) is 0 Å². The fraction of sp³-hybridized carbons (Fsp3) is 0.150. The third-order valence-corrected chi connectivity index (χ3v) is 4.42. The monoisotopic (exact) mass is 475 g/mol. The summed E-state index contributed by atoms with van der Waals surface area (Å²) in [5.74, 6) is 1.31. The Morgan fingerprint density at radius 2 is 1.93 bits per heavy atom. The minimum absolute atomic E-state index is 0.0753. The third kappa shape index (κ3) is 5.40. The van der Waals surface area contributed by atoms with E-state index in [1.165, 1.54) is 0 Å². The van der Waals surface area contributed by atoms with Crippen molar-refractivity contribution in [3.63, 3.8) is 0 Å². The van der Waals surface area contributed by atoms with Crippen LogP contribution < -0.4 is 4.74 Å². The summed E-state index contributed by atoms with van der Waals surface area (Å²) >= 11 is 2.21. The number of nitrogens with zero attached hydrogens (tertiary/aromatic N) is 3. The molecule has 3 aromatic rings. The summed E-state index contributed by atoms with van der Waals surface area (Å²) in [5, 5.41) is 3.98. The van der Waals surface area contributed by atoms with Gasteiger partial charge < -0.3 is 14.2 Å². The number of carbonyl (C=O) groups is 1. The molecule has 0 unspecified atom stereocenters. The average molecular weight is 475 g/mol. The molecule has 6 nitrogen and oxygen atoms in total. The number of aromatic nitrogens is 2. The largest absolute Gasteiger partial charge is 0.484 e. The Kier molecular flexibility index (Phi) is 6.59. The third-order valence-electron chi connectivity index (χ3n) is 3.70. The summed E-state index contributed by atoms with van der Waals surface area (Å²) in [6, 6.07) is 17.0. The summed E-state index contributed by atoms with van der Waals surface area (Å²) in [7, 11) is 0. The number of carbonyl (C=O) groups excluding carboxylic acids is 1. The summed E-state index contributed by atoms with van der Waals surface area (Å²) < 4.78 is 12.0. The standard InChI is InChI=1S/C20H18IN3O3/c1-2-12-24(19(25)14-26-17-10-8-16(21)9-11-17)13-18-22-20(23-27-18)15-6-4-3-5-7-15/h2-11H,1,12-14H2. The fourth-order valence-corrected chi connectivity index (χ4v) is 2.72. The van der Waals surface area contributed by atoms with Crippen LogP contribution in [0.1, 0.15) is 5.89 Å². The Labute approximate surface area is 171 Å². The van der Waals surface area contributed by atoms with Crippen LogP contribution >= 0.6 is 22.6 Å². The lowest BCUT2D eigenvalue weighted by Crippen LogP contribution is -2.34. The highest BCUT2D eigenvalue weighted by atomic mass is 127. The molecule has 7 heteroatoms. The maximum Gasteiger partial charge on any atom is 0.261 e. The second-order valence-electron chi connectivity index (χ2n) is 5.68. The lowest BCUT2D eigenvalue weighted by Gasteiger charge is -2.19. The molecule has 0 N–H and O–H groups in total. The first-order valence-electron chi connectivity index (χ1n) is 8.31. The van der Waals surface area contributed by atoms with Gasteiger partial charge in [-0.15, -0.1) is 6.58 Å². The zero-order valence-electron chi connectivity index (χ0n) is 14.5. The molecule has 0 aliphatic carbocycles. The van der Waals surface area contributed by atoms with Gasteiger partial charge in [0.2, 0.25) is 11.7 Å². The molecule has 0 saturated carbocycles. The Morgan fingerprint density at radius 3 is 2.63 bits per heavy atom. The van der Waals surface area contributed by atoms with Crippen molar-refractivity contribution in [2.45, 2.75) is 6.54 Å². The number of benzene rings is 2. The molecule has 2 aromatic carbocycles. The first-order valence-corrected chi connectivity index (χ1v) is 9.38. The van der Waals surface area contributed by atoms with Crippen molar-refractivity contribution in [1.29, 1.82) is 0 Å². The van der Waals surface area contributed by atoms with Crippen molar-refractivity contribution in [3.8, 4) is 17.1 Å². The van der Waals surface area contributed by atoms with Crippen LogP contribution in [0.3, 0.4) is 0 Å². The Morgan fingerprint density at radius 1 is 1.19 bits per heavy atom. The van der Waals surface area contributed by atoms with Crippen LogP contribution in [0.25, 0.3) is 11.4 Å². The molecule has 1 amide bonds. The molecule has 3 rings (SSSR count). The van der Waals surface area contributed by atoms with Crippen LogP contribution in [0.2, 0.25) is 0 Å². The molecule has 0 aliphatic heterocycles. The van der Waals surface area contributed by atoms with E-state index in [1.807, 2.05) is 54.6 Å². The summed E-state index contributed by atoms with van der Waals surface area (Å²) in [6.07, 6.45) is 1.65. The van der Waals surface area contributed by atoms with Crippen LogP contribution in [0, 0.1) is 3.57 Å². The summed E-state index contributed by atoms with van der Waals surface area (Å²) in [6.45, 7) is 4.18. The number of rotatable bonds is 8. The minimum Gasteiger partial charge on any atom is -0.484 e. The smallest absolute Gasteiger partial charge is 0.261 e. The van der Waals surface area contributed by atoms with E-state index in [0.717, 1.165) is 9.13 Å². The molecule has 0 spiro atoms. The first kappa shape index (κ1) is 19.1. The molecular formula is C20H18IN3O3. The maximum atomic E-state index is 12.5. The highest BCUT2D eigenvalue weighted by molar-refractivity contribution is 14.1. The molecule has 1 aromatic heterocycles. The van der Waals surface area contributed by atoms with E-state index in [9.17, 15) is 4.79 Å². The number of hydrogen-bond acceptors (Lipinski definition) is 5. The highest BCUT2D eigenvalue weighted by Gasteiger charge is 2.17. The van der Waals surface area contributed by atoms with Crippen molar-refractivity contribution >= 4 is 28.5 Å². The van der Waals surface area contributed by atoms with E-state index in [4.69, 9.17) is 9.26 Å². The van der Waals surface area contributed by atoms with Crippen LogP contribution in [0.15, 0.2) is 71.8 Å². The van der Waals surface area contributed by atoms with Crippen LogP contribution in [-0.2, 0) is 11.3 Å². The molecule has 27 heavy (non-hydrogen) atoms. The zero-order valence-corrected chi connectivity index (χ0v) is 16.7. The second-order valence-corrected chi connectivity index (χ2v) is 6.93. The second kappa shape index (κ2) is 9.31. The molecule has 0 atom stereocenters. The molecule has 138 valence electrons. The van der Waals surface area contributed by atoms with E-state index in [2.05, 4.69) is 39.3 Å². The number of amides is 1. The van der Waals surface area contributed by atoms with Crippen molar-refractivity contribution in [2.75, 3.05) is 13.2 Å². The Bertz CT molecular complexity index is 894. The topological polar surface area (TPSA) is 68.5 Å². The van der Waals surface area contributed by atoms with Gasteiger partial charge in [-0.05, 0) is 46.9 Å². The molecule has 0 aliphatic rings. The van der Waals surface area contributed by atoms with E-state index in [0.29, 0.717) is 24.0 Å². The number of ether oxygens (including phenoxy) is 1. The van der Waals surface area contributed by atoms with Gasteiger partial charge in [0.15, 0.2) is 6.61 Å². The van der Waals surface area contributed by atoms with Crippen molar-refractivity contribution in [2.24, 2.45) is 0 Å². The van der Waals surface area contributed by atoms with Crippen molar-refractivity contribution < 1.29 is 14.1 Å². The van der Waals surface area contributed by atoms with Gasteiger partial charge >= 0.3 is 0 Å². The van der Waals surface area contributed by atoms with Crippen molar-refractivity contribution in [3.05, 3.63) is 76.7 Å². The van der Waals surface area contributed by atoms with Crippen LogP contribution in [0.4, 0.5) is 0 Å². The van der Waals surface area contributed by atoms with Crippen LogP contribution in [-0.4, -0.2) is 34.1 Å². The molecule has 0 fully saturated rings. The average Bonchev–Trinajstić information content (AvgIpc) is 3.16.